The van der Waals surface area contributed by atoms with Crippen molar-refractivity contribution in [3.63, 3.8) is 0 Å². The third-order valence-electron chi connectivity index (χ3n) is 3.97. The van der Waals surface area contributed by atoms with Crippen molar-refractivity contribution in [2.45, 2.75) is 32.7 Å². The van der Waals surface area contributed by atoms with E-state index in [2.05, 4.69) is 41.1 Å². The summed E-state index contributed by atoms with van der Waals surface area (Å²) in [6.45, 7) is 5.00. The number of benzene rings is 1. The molecule has 0 amide bonds. The predicted molar refractivity (Wildman–Crippen MR) is 93.1 cm³/mol. The van der Waals surface area contributed by atoms with Crippen LogP contribution in [0.3, 0.4) is 0 Å². The molecular weight excluding hydrogens is 308 g/mol. The second kappa shape index (κ2) is 6.68. The number of nitrogens with zero attached hydrogens (tertiary/aromatic N) is 4. The average molecular weight is 330 g/mol. The number of fused-ring (bicyclic) bond motifs is 1. The Morgan fingerprint density at radius 2 is 2.04 bits per heavy atom. The normalized spacial score (nSPS) is 13.0. The number of rotatable bonds is 6. The molecule has 1 atom stereocenters. The quantitative estimate of drug-likeness (QED) is 0.750. The van der Waals surface area contributed by atoms with Gasteiger partial charge in [-0.25, -0.2) is 4.98 Å². The van der Waals surface area contributed by atoms with Gasteiger partial charge >= 0.3 is 0 Å². The molecule has 2 aromatic heterocycles. The fourth-order valence-electron chi connectivity index (χ4n) is 2.80. The van der Waals surface area contributed by atoms with E-state index in [0.717, 1.165) is 29.2 Å². The molecule has 0 aliphatic carbocycles. The Balaban J connectivity index is 2.05. The summed E-state index contributed by atoms with van der Waals surface area (Å²) in [6, 6.07) is 10.3. The Hall–Kier alpha value is -1.92. The fourth-order valence-corrected chi connectivity index (χ4v) is 4.00. The molecule has 122 valence electrons. The van der Waals surface area contributed by atoms with E-state index in [1.54, 1.807) is 4.52 Å². The lowest BCUT2D eigenvalue weighted by Crippen LogP contribution is -2.26. The zero-order chi connectivity index (χ0) is 16.4. The van der Waals surface area contributed by atoms with Crippen LogP contribution in [0.2, 0.25) is 0 Å². The van der Waals surface area contributed by atoms with Crippen LogP contribution in [0.25, 0.3) is 4.96 Å². The van der Waals surface area contributed by atoms with Gasteiger partial charge in [0.05, 0.1) is 10.9 Å². The van der Waals surface area contributed by atoms with Crippen molar-refractivity contribution < 1.29 is 5.11 Å². The first-order valence-electron chi connectivity index (χ1n) is 7.92. The largest absolute Gasteiger partial charge is 0.492 e. The molecule has 1 aromatic carbocycles. The lowest BCUT2D eigenvalue weighted by atomic mass is 10.0. The van der Waals surface area contributed by atoms with Crippen molar-refractivity contribution >= 4 is 16.3 Å². The van der Waals surface area contributed by atoms with Gasteiger partial charge in [-0.1, -0.05) is 55.0 Å². The van der Waals surface area contributed by atoms with Crippen LogP contribution in [0.15, 0.2) is 30.3 Å². The standard InChI is InChI=1S/C17H22N4OS/c1-4-5-11-20(3)14(13-9-7-6-8-10-13)15-16(22)21-17(23-15)18-12(2)19-21/h6-10,14,22H,4-5,11H2,1-3H3. The zero-order valence-corrected chi connectivity index (χ0v) is 14.5. The first-order chi connectivity index (χ1) is 11.1. The third-order valence-corrected chi connectivity index (χ3v) is 5.05. The lowest BCUT2D eigenvalue weighted by molar-refractivity contribution is 0.271. The van der Waals surface area contributed by atoms with Crippen molar-refractivity contribution in [2.75, 3.05) is 13.6 Å². The Kier molecular flexibility index (Phi) is 4.63. The highest BCUT2D eigenvalue weighted by Crippen LogP contribution is 2.39. The fraction of sp³-hybridized carbons (Fsp3) is 0.412. The number of thiazole rings is 1. The van der Waals surface area contributed by atoms with Crippen molar-refractivity contribution in [3.05, 3.63) is 46.6 Å². The Labute approximate surface area is 140 Å². The van der Waals surface area contributed by atoms with E-state index in [-0.39, 0.29) is 11.9 Å². The highest BCUT2D eigenvalue weighted by atomic mass is 32.1. The lowest BCUT2D eigenvalue weighted by Gasteiger charge is -2.27. The minimum Gasteiger partial charge on any atom is -0.492 e. The van der Waals surface area contributed by atoms with Gasteiger partial charge in [0.25, 0.3) is 0 Å². The maximum atomic E-state index is 10.7. The second-order valence-electron chi connectivity index (χ2n) is 5.79. The molecule has 2 heterocycles. The molecule has 0 bridgehead atoms. The van der Waals surface area contributed by atoms with E-state index in [9.17, 15) is 5.11 Å². The van der Waals surface area contributed by atoms with E-state index < -0.39 is 0 Å². The van der Waals surface area contributed by atoms with Crippen LogP contribution in [0.4, 0.5) is 0 Å². The van der Waals surface area contributed by atoms with Crippen molar-refractivity contribution in [3.8, 4) is 5.88 Å². The highest BCUT2D eigenvalue weighted by Gasteiger charge is 2.27. The molecule has 1 N–H and O–H groups in total. The number of hydrogen-bond donors (Lipinski definition) is 1. The van der Waals surface area contributed by atoms with Gasteiger partial charge in [0.15, 0.2) is 0 Å². The first kappa shape index (κ1) is 16.0. The summed E-state index contributed by atoms with van der Waals surface area (Å²) in [4.78, 5) is 8.30. The third kappa shape index (κ3) is 3.09. The van der Waals surface area contributed by atoms with Gasteiger partial charge in [0, 0.05) is 0 Å². The van der Waals surface area contributed by atoms with Crippen LogP contribution in [-0.4, -0.2) is 38.2 Å². The van der Waals surface area contributed by atoms with E-state index in [1.165, 1.54) is 16.9 Å². The van der Waals surface area contributed by atoms with Crippen LogP contribution >= 0.6 is 11.3 Å². The molecule has 0 saturated carbocycles. The summed E-state index contributed by atoms with van der Waals surface area (Å²) >= 11 is 1.51. The molecule has 0 aliphatic heterocycles. The number of aromatic nitrogens is 3. The van der Waals surface area contributed by atoms with Crippen LogP contribution in [0.5, 0.6) is 5.88 Å². The Morgan fingerprint density at radius 1 is 1.30 bits per heavy atom. The summed E-state index contributed by atoms with van der Waals surface area (Å²) in [5, 5.41) is 14.9. The molecule has 0 aliphatic rings. The summed E-state index contributed by atoms with van der Waals surface area (Å²) in [6.07, 6.45) is 2.27. The van der Waals surface area contributed by atoms with Crippen molar-refractivity contribution in [1.82, 2.24) is 19.5 Å². The highest BCUT2D eigenvalue weighted by molar-refractivity contribution is 7.17. The summed E-state index contributed by atoms with van der Waals surface area (Å²) in [7, 11) is 2.11. The predicted octanol–water partition coefficient (Wildman–Crippen LogP) is 3.63. The van der Waals surface area contributed by atoms with Crippen LogP contribution in [-0.2, 0) is 0 Å². The molecular formula is C17H22N4OS. The van der Waals surface area contributed by atoms with E-state index in [0.29, 0.717) is 5.82 Å². The van der Waals surface area contributed by atoms with Gasteiger partial charge < -0.3 is 5.11 Å². The number of aryl methyl sites for hydroxylation is 1. The minimum absolute atomic E-state index is 0.0107. The summed E-state index contributed by atoms with van der Waals surface area (Å²) < 4.78 is 1.54. The molecule has 5 nitrogen and oxygen atoms in total. The van der Waals surface area contributed by atoms with Crippen LogP contribution in [0, 0.1) is 6.92 Å². The maximum absolute atomic E-state index is 10.7. The summed E-state index contributed by atoms with van der Waals surface area (Å²) in [5.41, 5.74) is 1.17. The number of unbranched alkanes of at least 4 members (excludes halogenated alkanes) is 1. The van der Waals surface area contributed by atoms with Crippen LogP contribution in [0.1, 0.15) is 42.1 Å². The SMILES string of the molecule is CCCCN(C)C(c1ccccc1)c1sc2nc(C)nn2c1O. The monoisotopic (exact) mass is 330 g/mol. The molecule has 0 radical (unpaired) electrons. The summed E-state index contributed by atoms with van der Waals surface area (Å²) in [5.74, 6) is 0.872. The van der Waals surface area contributed by atoms with E-state index in [4.69, 9.17) is 0 Å². The first-order valence-corrected chi connectivity index (χ1v) is 8.73. The average Bonchev–Trinajstić information content (AvgIpc) is 3.05. The van der Waals surface area contributed by atoms with Gasteiger partial charge in [-0.05, 0) is 32.5 Å². The molecule has 0 spiro atoms. The molecule has 0 saturated heterocycles. The van der Waals surface area contributed by atoms with Crippen molar-refractivity contribution in [2.24, 2.45) is 0 Å². The second-order valence-corrected chi connectivity index (χ2v) is 6.80. The van der Waals surface area contributed by atoms with Gasteiger partial charge in [-0.2, -0.15) is 4.52 Å². The minimum atomic E-state index is 0.0107. The molecule has 1 unspecified atom stereocenters. The topological polar surface area (TPSA) is 53.7 Å². The number of hydrogen-bond acceptors (Lipinski definition) is 5. The Bertz CT molecular complexity index is 781. The molecule has 23 heavy (non-hydrogen) atoms. The van der Waals surface area contributed by atoms with E-state index in [1.807, 2.05) is 25.1 Å². The Morgan fingerprint density at radius 3 is 2.70 bits per heavy atom. The molecule has 3 aromatic rings. The van der Waals surface area contributed by atoms with Gasteiger partial charge in [-0.3, -0.25) is 4.90 Å². The molecule has 6 heteroatoms. The van der Waals surface area contributed by atoms with Gasteiger partial charge in [0.1, 0.15) is 5.82 Å². The molecule has 3 rings (SSSR count). The number of aromatic hydroxyl groups is 1. The van der Waals surface area contributed by atoms with Crippen LogP contribution < -0.4 is 0 Å². The van der Waals surface area contributed by atoms with Crippen molar-refractivity contribution in [1.29, 1.82) is 0 Å². The van der Waals surface area contributed by atoms with E-state index >= 15 is 0 Å². The van der Waals surface area contributed by atoms with Gasteiger partial charge in [-0.15, -0.1) is 5.10 Å². The smallest absolute Gasteiger partial charge is 0.230 e. The van der Waals surface area contributed by atoms with Gasteiger partial charge in [0.2, 0.25) is 10.8 Å². The molecule has 0 fully saturated rings. The maximum Gasteiger partial charge on any atom is 0.230 e. The zero-order valence-electron chi connectivity index (χ0n) is 13.7.